The molecule has 0 spiro atoms. The molecule has 0 bridgehead atoms. The number of carbonyl (C=O) groups excluding carboxylic acids is 1. The van der Waals surface area contributed by atoms with Gasteiger partial charge in [-0.05, 0) is 50.7 Å². The Morgan fingerprint density at radius 1 is 1.12 bits per heavy atom. The third-order valence-electron chi connectivity index (χ3n) is 4.52. The minimum Gasteiger partial charge on any atom is -0.414 e. The van der Waals surface area contributed by atoms with Crippen molar-refractivity contribution < 1.29 is 9.22 Å². The summed E-state index contributed by atoms with van der Waals surface area (Å²) in [6.07, 6.45) is 4.57. The number of rotatable bonds is 3. The zero-order valence-corrected chi connectivity index (χ0v) is 13.3. The summed E-state index contributed by atoms with van der Waals surface area (Å²) in [5, 5.41) is 0.282. The fraction of sp³-hybridized carbons (Fsp3) is 0.929. The van der Waals surface area contributed by atoms with Crippen LogP contribution in [0.15, 0.2) is 0 Å². The van der Waals surface area contributed by atoms with E-state index in [1.54, 1.807) is 6.92 Å². The van der Waals surface area contributed by atoms with Crippen molar-refractivity contribution in [3.63, 3.8) is 0 Å². The van der Waals surface area contributed by atoms with Gasteiger partial charge in [-0.25, -0.2) is 0 Å². The molecular formula is C14H28O2Si. The molecular weight excluding hydrogens is 228 g/mol. The standard InChI is InChI=1S/C14H28O2Si/c1-11(15)12-7-9-13(10-8-12)16-17(5,6)14(2,3)4/h12-13H,7-10H2,1-6H3. The van der Waals surface area contributed by atoms with E-state index in [9.17, 15) is 4.79 Å². The predicted octanol–water partition coefficient (Wildman–Crippen LogP) is 4.16. The van der Waals surface area contributed by atoms with Crippen molar-refractivity contribution in [2.45, 2.75) is 77.6 Å². The fourth-order valence-electron chi connectivity index (χ4n) is 2.18. The Balaban J connectivity index is 2.48. The van der Waals surface area contributed by atoms with Gasteiger partial charge in [0.2, 0.25) is 0 Å². The van der Waals surface area contributed by atoms with E-state index >= 15 is 0 Å². The van der Waals surface area contributed by atoms with Crippen LogP contribution in [0.3, 0.4) is 0 Å². The summed E-state index contributed by atoms with van der Waals surface area (Å²) >= 11 is 0. The van der Waals surface area contributed by atoms with E-state index in [-0.39, 0.29) is 5.04 Å². The number of carbonyl (C=O) groups is 1. The molecule has 1 fully saturated rings. The van der Waals surface area contributed by atoms with Gasteiger partial charge in [0.15, 0.2) is 8.32 Å². The highest BCUT2D eigenvalue weighted by Crippen LogP contribution is 2.39. The predicted molar refractivity (Wildman–Crippen MR) is 74.7 cm³/mol. The van der Waals surface area contributed by atoms with Crippen LogP contribution in [0, 0.1) is 5.92 Å². The molecule has 1 aliphatic carbocycles. The van der Waals surface area contributed by atoms with Crippen LogP contribution in [0.4, 0.5) is 0 Å². The molecule has 17 heavy (non-hydrogen) atoms. The normalized spacial score (nSPS) is 26.9. The van der Waals surface area contributed by atoms with Crippen LogP contribution in [0.2, 0.25) is 18.1 Å². The zero-order chi connectivity index (χ0) is 13.3. The van der Waals surface area contributed by atoms with Crippen LogP contribution in [-0.2, 0) is 9.22 Å². The van der Waals surface area contributed by atoms with Gasteiger partial charge < -0.3 is 4.43 Å². The summed E-state index contributed by atoms with van der Waals surface area (Å²) in [6, 6.07) is 0. The van der Waals surface area contributed by atoms with Crippen molar-refractivity contribution in [1.29, 1.82) is 0 Å². The summed E-state index contributed by atoms with van der Waals surface area (Å²) in [6.45, 7) is 13.2. The van der Waals surface area contributed by atoms with Crippen LogP contribution >= 0.6 is 0 Å². The summed E-state index contributed by atoms with van der Waals surface area (Å²) in [5.74, 6) is 0.657. The molecule has 3 heteroatoms. The molecule has 0 heterocycles. The highest BCUT2D eigenvalue weighted by atomic mass is 28.4. The fourth-order valence-corrected chi connectivity index (χ4v) is 3.60. The van der Waals surface area contributed by atoms with Gasteiger partial charge in [-0.1, -0.05) is 20.8 Å². The highest BCUT2D eigenvalue weighted by molar-refractivity contribution is 6.74. The first-order chi connectivity index (χ1) is 7.63. The summed E-state index contributed by atoms with van der Waals surface area (Å²) in [7, 11) is -1.63. The third-order valence-corrected chi connectivity index (χ3v) is 9.05. The topological polar surface area (TPSA) is 26.3 Å². The van der Waals surface area contributed by atoms with Gasteiger partial charge >= 0.3 is 0 Å². The molecule has 0 saturated heterocycles. The van der Waals surface area contributed by atoms with E-state index in [1.807, 2.05) is 0 Å². The maximum absolute atomic E-state index is 11.3. The second-order valence-corrected chi connectivity index (χ2v) is 11.7. The average molecular weight is 256 g/mol. The first kappa shape index (κ1) is 14.9. The molecule has 0 unspecified atom stereocenters. The lowest BCUT2D eigenvalue weighted by Crippen LogP contribution is -2.44. The molecule has 2 nitrogen and oxygen atoms in total. The lowest BCUT2D eigenvalue weighted by Gasteiger charge is -2.41. The van der Waals surface area contributed by atoms with E-state index in [2.05, 4.69) is 33.9 Å². The van der Waals surface area contributed by atoms with E-state index < -0.39 is 8.32 Å². The van der Waals surface area contributed by atoms with Gasteiger partial charge in [0, 0.05) is 12.0 Å². The van der Waals surface area contributed by atoms with Gasteiger partial charge in [0.25, 0.3) is 0 Å². The Labute approximate surface area is 107 Å². The Hall–Kier alpha value is -0.153. The first-order valence-electron chi connectivity index (χ1n) is 6.82. The van der Waals surface area contributed by atoms with E-state index in [4.69, 9.17) is 4.43 Å². The summed E-state index contributed by atoms with van der Waals surface area (Å²) in [4.78, 5) is 11.3. The lowest BCUT2D eigenvalue weighted by atomic mass is 9.85. The molecule has 0 aromatic carbocycles. The Morgan fingerprint density at radius 3 is 1.94 bits per heavy atom. The molecule has 1 saturated carbocycles. The van der Waals surface area contributed by atoms with Gasteiger partial charge in [0.1, 0.15) is 5.78 Å². The van der Waals surface area contributed by atoms with Gasteiger partial charge in [-0.15, -0.1) is 0 Å². The van der Waals surface area contributed by atoms with Crippen molar-refractivity contribution >= 4 is 14.1 Å². The highest BCUT2D eigenvalue weighted by Gasteiger charge is 2.39. The van der Waals surface area contributed by atoms with E-state index in [0.717, 1.165) is 25.7 Å². The molecule has 0 aromatic heterocycles. The van der Waals surface area contributed by atoms with E-state index in [0.29, 0.717) is 17.8 Å². The van der Waals surface area contributed by atoms with Crippen LogP contribution < -0.4 is 0 Å². The molecule has 0 radical (unpaired) electrons. The summed E-state index contributed by atoms with van der Waals surface area (Å²) in [5.41, 5.74) is 0. The molecule has 0 aliphatic heterocycles. The molecule has 0 aromatic rings. The van der Waals surface area contributed by atoms with Crippen LogP contribution in [0.1, 0.15) is 53.4 Å². The minimum absolute atomic E-state index is 0.282. The number of ketones is 1. The van der Waals surface area contributed by atoms with Crippen molar-refractivity contribution in [2.75, 3.05) is 0 Å². The Morgan fingerprint density at radius 2 is 1.59 bits per heavy atom. The third kappa shape index (κ3) is 3.92. The number of hydrogen-bond donors (Lipinski definition) is 0. The van der Waals surface area contributed by atoms with Crippen LogP contribution in [-0.4, -0.2) is 20.2 Å². The van der Waals surface area contributed by atoms with Crippen molar-refractivity contribution in [2.24, 2.45) is 5.92 Å². The quantitative estimate of drug-likeness (QED) is 0.709. The maximum Gasteiger partial charge on any atom is 0.192 e. The maximum atomic E-state index is 11.3. The van der Waals surface area contributed by atoms with Crippen molar-refractivity contribution in [3.8, 4) is 0 Å². The summed E-state index contributed by atoms with van der Waals surface area (Å²) < 4.78 is 6.40. The van der Waals surface area contributed by atoms with Crippen LogP contribution in [0.5, 0.6) is 0 Å². The lowest BCUT2D eigenvalue weighted by molar-refractivity contribution is -0.122. The average Bonchev–Trinajstić information content (AvgIpc) is 2.16. The first-order valence-corrected chi connectivity index (χ1v) is 9.72. The largest absolute Gasteiger partial charge is 0.414 e. The molecule has 0 amide bonds. The van der Waals surface area contributed by atoms with Crippen molar-refractivity contribution in [1.82, 2.24) is 0 Å². The van der Waals surface area contributed by atoms with Gasteiger partial charge in [-0.3, -0.25) is 4.79 Å². The van der Waals surface area contributed by atoms with Gasteiger partial charge in [0.05, 0.1) is 0 Å². The number of Topliss-reactive ketones (excluding diaryl/α,β-unsaturated/α-hetero) is 1. The SMILES string of the molecule is CC(=O)C1CCC(O[Si](C)(C)C(C)(C)C)CC1. The molecule has 100 valence electrons. The van der Waals surface area contributed by atoms with Crippen molar-refractivity contribution in [3.05, 3.63) is 0 Å². The molecule has 1 rings (SSSR count). The number of hydrogen-bond acceptors (Lipinski definition) is 2. The smallest absolute Gasteiger partial charge is 0.192 e. The van der Waals surface area contributed by atoms with E-state index in [1.165, 1.54) is 0 Å². The Bertz CT molecular complexity index is 270. The zero-order valence-electron chi connectivity index (χ0n) is 12.3. The minimum atomic E-state index is -1.63. The van der Waals surface area contributed by atoms with Gasteiger partial charge in [-0.2, -0.15) is 0 Å². The second-order valence-electron chi connectivity index (χ2n) is 6.96. The van der Waals surface area contributed by atoms with Crippen LogP contribution in [0.25, 0.3) is 0 Å². The second kappa shape index (κ2) is 5.23. The molecule has 0 N–H and O–H groups in total. The molecule has 1 aliphatic rings. The molecule has 0 atom stereocenters. The monoisotopic (exact) mass is 256 g/mol. The Kier molecular flexibility index (Phi) is 4.58.